The zero-order valence-electron chi connectivity index (χ0n) is 16.1. The molecule has 184 valence electrons. The van der Waals surface area contributed by atoms with Gasteiger partial charge in [0, 0.05) is 18.0 Å². The van der Waals surface area contributed by atoms with E-state index < -0.39 is 82.7 Å². The Kier molecular flexibility index (Phi) is 6.83. The molecule has 0 bridgehead atoms. The SMILES string of the molecule is Nc1ccc(C(CCC(F)(F)F)c2cc(C(F)(F)F)c(N)c(C(F)(F)F)c2)cc1C(F)(F)F. The second kappa shape index (κ2) is 8.52. The van der Waals surface area contributed by atoms with Crippen molar-refractivity contribution in [3.8, 4) is 0 Å². The lowest BCUT2D eigenvalue weighted by molar-refractivity contribution is -0.142. The smallest absolute Gasteiger partial charge is 0.398 e. The van der Waals surface area contributed by atoms with Gasteiger partial charge in [-0.1, -0.05) is 6.07 Å². The molecule has 0 aliphatic rings. The molecule has 0 aliphatic heterocycles. The van der Waals surface area contributed by atoms with Gasteiger partial charge in [-0.15, -0.1) is 0 Å². The second-order valence-corrected chi connectivity index (χ2v) is 7.08. The van der Waals surface area contributed by atoms with Gasteiger partial charge in [0.25, 0.3) is 0 Å². The number of anilines is 2. The molecule has 2 aromatic rings. The van der Waals surface area contributed by atoms with Gasteiger partial charge >= 0.3 is 24.7 Å². The minimum Gasteiger partial charge on any atom is -0.398 e. The van der Waals surface area contributed by atoms with Gasteiger partial charge in [-0.2, -0.15) is 52.7 Å². The molecule has 0 aliphatic carbocycles. The Balaban J connectivity index is 2.81. The summed E-state index contributed by atoms with van der Waals surface area (Å²) in [7, 11) is 0. The molecule has 33 heavy (non-hydrogen) atoms. The van der Waals surface area contributed by atoms with Crippen LogP contribution in [0.25, 0.3) is 0 Å². The predicted molar refractivity (Wildman–Crippen MR) is 93.8 cm³/mol. The molecule has 0 radical (unpaired) electrons. The fourth-order valence-corrected chi connectivity index (χ4v) is 3.22. The Bertz CT molecular complexity index is 965. The first-order valence-electron chi connectivity index (χ1n) is 8.83. The number of hydrogen-bond acceptors (Lipinski definition) is 2. The zero-order chi connectivity index (χ0) is 25.6. The van der Waals surface area contributed by atoms with E-state index in [4.69, 9.17) is 11.5 Å². The topological polar surface area (TPSA) is 52.0 Å². The van der Waals surface area contributed by atoms with Crippen LogP contribution in [0.4, 0.5) is 64.1 Å². The number of rotatable bonds is 4. The van der Waals surface area contributed by atoms with Gasteiger partial charge in [0.15, 0.2) is 0 Å². The van der Waals surface area contributed by atoms with E-state index in [-0.39, 0.29) is 12.1 Å². The minimum atomic E-state index is -5.42. The van der Waals surface area contributed by atoms with E-state index in [1.165, 1.54) is 0 Å². The van der Waals surface area contributed by atoms with E-state index in [2.05, 4.69) is 0 Å². The van der Waals surface area contributed by atoms with E-state index in [0.717, 1.165) is 6.07 Å². The van der Waals surface area contributed by atoms with Crippen molar-refractivity contribution in [1.82, 2.24) is 0 Å². The molecule has 0 saturated heterocycles. The Morgan fingerprint density at radius 2 is 1.03 bits per heavy atom. The lowest BCUT2D eigenvalue weighted by atomic mass is 9.84. The molecule has 0 heterocycles. The van der Waals surface area contributed by atoms with Crippen molar-refractivity contribution in [3.05, 3.63) is 58.1 Å². The highest BCUT2D eigenvalue weighted by atomic mass is 19.4. The van der Waals surface area contributed by atoms with E-state index in [1.807, 2.05) is 0 Å². The predicted octanol–water partition coefficient (Wildman–Crippen LogP) is 7.38. The van der Waals surface area contributed by atoms with Gasteiger partial charge in [-0.05, 0) is 41.8 Å². The van der Waals surface area contributed by atoms with Gasteiger partial charge in [-0.25, -0.2) is 0 Å². The summed E-state index contributed by atoms with van der Waals surface area (Å²) < 4.78 is 158. The number of nitrogens with two attached hydrogens (primary N) is 2. The van der Waals surface area contributed by atoms with Crippen molar-refractivity contribution >= 4 is 11.4 Å². The third-order valence-corrected chi connectivity index (χ3v) is 4.72. The van der Waals surface area contributed by atoms with Crippen LogP contribution in [0.2, 0.25) is 0 Å². The minimum absolute atomic E-state index is 0.106. The lowest BCUT2D eigenvalue weighted by Crippen LogP contribution is -2.19. The molecule has 0 fully saturated rings. The Labute approximate surface area is 178 Å². The Morgan fingerprint density at radius 1 is 0.606 bits per heavy atom. The highest BCUT2D eigenvalue weighted by Crippen LogP contribution is 2.46. The molecular formula is C19H14F12N2. The molecule has 4 N–H and O–H groups in total. The number of alkyl halides is 12. The van der Waals surface area contributed by atoms with Crippen molar-refractivity contribution in [2.75, 3.05) is 11.5 Å². The summed E-state index contributed by atoms with van der Waals surface area (Å²) in [5.41, 5.74) is 0.716. The number of nitrogen functional groups attached to an aromatic ring is 2. The third-order valence-electron chi connectivity index (χ3n) is 4.72. The summed E-state index contributed by atoms with van der Waals surface area (Å²) in [4.78, 5) is 0. The molecule has 2 rings (SSSR count). The van der Waals surface area contributed by atoms with Gasteiger partial charge in [0.05, 0.1) is 22.4 Å². The standard InChI is InChI=1S/C19H14F12N2/c20-16(21,22)4-3-10(8-1-2-14(32)11(5-8)17(23,24)25)9-6-12(18(26,27)28)15(33)13(7-9)19(29,30)31/h1-2,5-7,10H,3-4,32-33H2. The van der Waals surface area contributed by atoms with E-state index >= 15 is 0 Å². The van der Waals surface area contributed by atoms with Crippen LogP contribution >= 0.6 is 0 Å². The first-order chi connectivity index (χ1) is 14.7. The summed E-state index contributed by atoms with van der Waals surface area (Å²) in [5.74, 6) is -1.92. The monoisotopic (exact) mass is 498 g/mol. The van der Waals surface area contributed by atoms with Crippen LogP contribution in [0.1, 0.15) is 46.6 Å². The average molecular weight is 498 g/mol. The van der Waals surface area contributed by atoms with Crippen LogP contribution in [-0.2, 0) is 18.5 Å². The first-order valence-corrected chi connectivity index (χ1v) is 8.83. The molecule has 0 spiro atoms. The lowest BCUT2D eigenvalue weighted by Gasteiger charge is -2.24. The first kappa shape index (κ1) is 26.5. The molecule has 2 aromatic carbocycles. The quantitative estimate of drug-likeness (QED) is 0.341. The molecule has 2 nitrogen and oxygen atoms in total. The Morgan fingerprint density at radius 3 is 1.42 bits per heavy atom. The maximum atomic E-state index is 13.3. The fourth-order valence-electron chi connectivity index (χ4n) is 3.22. The summed E-state index contributed by atoms with van der Waals surface area (Å²) in [5, 5.41) is 0. The average Bonchev–Trinajstić information content (AvgIpc) is 2.60. The summed E-state index contributed by atoms with van der Waals surface area (Å²) >= 11 is 0. The van der Waals surface area contributed by atoms with Crippen LogP contribution in [0.5, 0.6) is 0 Å². The molecule has 14 heteroatoms. The summed E-state index contributed by atoms with van der Waals surface area (Å²) in [6.07, 6.45) is -23.7. The van der Waals surface area contributed by atoms with Crippen molar-refractivity contribution in [3.63, 3.8) is 0 Å². The normalized spacial score (nSPS) is 14.4. The highest BCUT2D eigenvalue weighted by molar-refractivity contribution is 5.60. The van der Waals surface area contributed by atoms with Crippen molar-refractivity contribution < 1.29 is 52.7 Å². The summed E-state index contributed by atoms with van der Waals surface area (Å²) in [6.45, 7) is 0. The molecule has 0 amide bonds. The van der Waals surface area contributed by atoms with Crippen molar-refractivity contribution in [2.24, 2.45) is 0 Å². The third kappa shape index (κ3) is 6.38. The zero-order valence-corrected chi connectivity index (χ0v) is 16.1. The number of benzene rings is 2. The number of hydrogen-bond donors (Lipinski definition) is 2. The molecular weight excluding hydrogens is 484 g/mol. The summed E-state index contributed by atoms with van der Waals surface area (Å²) in [6, 6.07) is 1.98. The van der Waals surface area contributed by atoms with Crippen LogP contribution in [-0.4, -0.2) is 6.18 Å². The second-order valence-electron chi connectivity index (χ2n) is 7.08. The molecule has 1 unspecified atom stereocenters. The van der Waals surface area contributed by atoms with Crippen molar-refractivity contribution in [1.29, 1.82) is 0 Å². The fraction of sp³-hybridized carbons (Fsp3) is 0.368. The largest absolute Gasteiger partial charge is 0.418 e. The van der Waals surface area contributed by atoms with Crippen molar-refractivity contribution in [2.45, 2.75) is 43.5 Å². The molecule has 0 aromatic heterocycles. The highest BCUT2D eigenvalue weighted by Gasteiger charge is 2.42. The van der Waals surface area contributed by atoms with Gasteiger partial charge in [0.1, 0.15) is 0 Å². The van der Waals surface area contributed by atoms with E-state index in [0.29, 0.717) is 12.1 Å². The maximum Gasteiger partial charge on any atom is 0.418 e. The van der Waals surface area contributed by atoms with Gasteiger partial charge in [-0.3, -0.25) is 0 Å². The maximum absolute atomic E-state index is 13.3. The van der Waals surface area contributed by atoms with E-state index in [9.17, 15) is 52.7 Å². The van der Waals surface area contributed by atoms with Crippen LogP contribution in [0, 0.1) is 0 Å². The van der Waals surface area contributed by atoms with Crippen LogP contribution in [0.15, 0.2) is 30.3 Å². The molecule has 1 atom stereocenters. The van der Waals surface area contributed by atoms with Gasteiger partial charge in [0.2, 0.25) is 0 Å². The van der Waals surface area contributed by atoms with E-state index in [1.54, 1.807) is 0 Å². The van der Waals surface area contributed by atoms with Gasteiger partial charge < -0.3 is 11.5 Å². The number of halogens is 12. The van der Waals surface area contributed by atoms with Crippen LogP contribution < -0.4 is 11.5 Å². The Hall–Kier alpha value is -2.80. The van der Waals surface area contributed by atoms with Crippen LogP contribution in [0.3, 0.4) is 0 Å². The molecule has 0 saturated carbocycles.